The summed E-state index contributed by atoms with van der Waals surface area (Å²) >= 11 is 0. The summed E-state index contributed by atoms with van der Waals surface area (Å²) in [6.07, 6.45) is 3.96. The van der Waals surface area contributed by atoms with Crippen molar-refractivity contribution in [3.8, 4) is 0 Å². The van der Waals surface area contributed by atoms with Crippen LogP contribution >= 0.6 is 24.0 Å². The van der Waals surface area contributed by atoms with Crippen molar-refractivity contribution in [3.05, 3.63) is 0 Å². The lowest BCUT2D eigenvalue weighted by Gasteiger charge is -2.29. The van der Waals surface area contributed by atoms with Gasteiger partial charge in [0.05, 0.1) is 6.26 Å². The van der Waals surface area contributed by atoms with Gasteiger partial charge in [-0.2, -0.15) is 0 Å². The first kappa shape index (κ1) is 22.9. The Bertz CT molecular complexity index is 437. The summed E-state index contributed by atoms with van der Waals surface area (Å²) in [5, 5.41) is 6.50. The fourth-order valence-corrected chi connectivity index (χ4v) is 3.28. The second kappa shape index (κ2) is 12.3. The van der Waals surface area contributed by atoms with E-state index in [1.54, 1.807) is 11.4 Å². The van der Waals surface area contributed by atoms with Gasteiger partial charge in [0.2, 0.25) is 10.0 Å². The maximum atomic E-state index is 11.5. The molecule has 1 fully saturated rings. The lowest BCUT2D eigenvalue weighted by molar-refractivity contribution is 0.195. The highest BCUT2D eigenvalue weighted by molar-refractivity contribution is 14.0. The van der Waals surface area contributed by atoms with Gasteiger partial charge >= 0.3 is 0 Å². The van der Waals surface area contributed by atoms with Crippen molar-refractivity contribution in [2.45, 2.75) is 26.2 Å². The summed E-state index contributed by atoms with van der Waals surface area (Å²) in [6, 6.07) is 0. The van der Waals surface area contributed by atoms with Gasteiger partial charge in [0.25, 0.3) is 0 Å². The van der Waals surface area contributed by atoms with Crippen LogP contribution in [0, 0.1) is 5.92 Å². The number of rotatable bonds is 8. The normalized spacial score (nSPS) is 17.6. The zero-order valence-electron chi connectivity index (χ0n) is 14.4. The first-order valence-corrected chi connectivity index (χ1v) is 9.78. The molecule has 2 N–H and O–H groups in total. The average molecular weight is 462 g/mol. The number of ether oxygens (including phenoxy) is 1. The number of hydrogen-bond acceptors (Lipinski definition) is 4. The van der Waals surface area contributed by atoms with Gasteiger partial charge < -0.3 is 15.4 Å². The Kier molecular flexibility index (Phi) is 12.2. The van der Waals surface area contributed by atoms with Gasteiger partial charge in [-0.25, -0.2) is 12.7 Å². The highest BCUT2D eigenvalue weighted by atomic mass is 127. The minimum absolute atomic E-state index is 0. The molecule has 0 saturated carbocycles. The Morgan fingerprint density at radius 1 is 1.30 bits per heavy atom. The Labute approximate surface area is 157 Å². The summed E-state index contributed by atoms with van der Waals surface area (Å²) < 4.78 is 29.5. The van der Waals surface area contributed by atoms with Crippen molar-refractivity contribution in [2.24, 2.45) is 10.9 Å². The van der Waals surface area contributed by atoms with Crippen LogP contribution in [0.4, 0.5) is 0 Å². The number of halogens is 1. The third kappa shape index (κ3) is 9.68. The van der Waals surface area contributed by atoms with Crippen LogP contribution in [0.25, 0.3) is 0 Å². The van der Waals surface area contributed by atoms with Crippen molar-refractivity contribution < 1.29 is 13.2 Å². The molecule has 138 valence electrons. The molecule has 1 saturated heterocycles. The number of hydrogen-bond donors (Lipinski definition) is 2. The Hall–Kier alpha value is -0.130. The number of sulfonamides is 1. The number of nitrogens with one attached hydrogen (secondary N) is 2. The molecule has 0 spiro atoms. The number of methoxy groups -OCH3 is 1. The topological polar surface area (TPSA) is 83.0 Å². The second-order valence-electron chi connectivity index (χ2n) is 5.60. The molecule has 0 amide bonds. The van der Waals surface area contributed by atoms with Crippen LogP contribution in [-0.2, 0) is 14.8 Å². The molecule has 0 bridgehead atoms. The first-order chi connectivity index (χ1) is 10.5. The summed E-state index contributed by atoms with van der Waals surface area (Å²) in [7, 11) is -1.35. The van der Waals surface area contributed by atoms with Crippen LogP contribution in [0.3, 0.4) is 0 Å². The molecular formula is C14H31IN4O3S. The van der Waals surface area contributed by atoms with Gasteiger partial charge in [-0.3, -0.25) is 4.99 Å². The van der Waals surface area contributed by atoms with Crippen molar-refractivity contribution >= 4 is 40.0 Å². The standard InChI is InChI=1S/C14H30N4O3S.HI/c1-4-15-14(16-8-5-11-21-2)17-12-13-6-9-18(10-7-13)22(3,19)20;/h13H,4-12H2,1-3H3,(H2,15,16,17);1H. The second-order valence-corrected chi connectivity index (χ2v) is 7.58. The van der Waals surface area contributed by atoms with Crippen LogP contribution in [0.5, 0.6) is 0 Å². The molecule has 1 aliphatic rings. The van der Waals surface area contributed by atoms with E-state index >= 15 is 0 Å². The molecule has 7 nitrogen and oxygen atoms in total. The van der Waals surface area contributed by atoms with Crippen LogP contribution in [0.15, 0.2) is 4.99 Å². The smallest absolute Gasteiger partial charge is 0.211 e. The molecule has 0 atom stereocenters. The molecule has 9 heteroatoms. The molecule has 1 rings (SSSR count). The third-order valence-electron chi connectivity index (χ3n) is 3.71. The Morgan fingerprint density at radius 2 is 1.96 bits per heavy atom. The molecule has 0 aromatic rings. The van der Waals surface area contributed by atoms with Crippen molar-refractivity contribution in [1.29, 1.82) is 0 Å². The zero-order valence-corrected chi connectivity index (χ0v) is 17.5. The van der Waals surface area contributed by atoms with E-state index in [4.69, 9.17) is 4.74 Å². The Balaban J connectivity index is 0.00000484. The SMILES string of the molecule is CCNC(=NCC1CCN(S(C)(=O)=O)CC1)NCCCOC.I. The number of aliphatic imine (C=N–C) groups is 1. The minimum atomic E-state index is -3.05. The number of nitrogens with zero attached hydrogens (tertiary/aromatic N) is 2. The van der Waals surface area contributed by atoms with Crippen molar-refractivity contribution in [3.63, 3.8) is 0 Å². The highest BCUT2D eigenvalue weighted by Gasteiger charge is 2.24. The number of guanidine groups is 1. The van der Waals surface area contributed by atoms with Crippen LogP contribution in [0.1, 0.15) is 26.2 Å². The van der Waals surface area contributed by atoms with E-state index in [1.165, 1.54) is 6.26 Å². The van der Waals surface area contributed by atoms with E-state index in [9.17, 15) is 8.42 Å². The number of piperidine rings is 1. The maximum absolute atomic E-state index is 11.5. The van der Waals surface area contributed by atoms with Crippen molar-refractivity contribution in [1.82, 2.24) is 14.9 Å². The van der Waals surface area contributed by atoms with Crippen molar-refractivity contribution in [2.75, 3.05) is 52.7 Å². The fourth-order valence-electron chi connectivity index (χ4n) is 2.41. The average Bonchev–Trinajstić information content (AvgIpc) is 2.48. The summed E-state index contributed by atoms with van der Waals surface area (Å²) in [5.74, 6) is 1.27. The van der Waals surface area contributed by atoms with E-state index in [-0.39, 0.29) is 24.0 Å². The quantitative estimate of drug-likeness (QED) is 0.242. The Morgan fingerprint density at radius 3 is 2.48 bits per heavy atom. The monoisotopic (exact) mass is 462 g/mol. The van der Waals surface area contributed by atoms with E-state index < -0.39 is 10.0 Å². The molecular weight excluding hydrogens is 431 g/mol. The zero-order chi connectivity index (χ0) is 16.4. The molecule has 0 unspecified atom stereocenters. The van der Waals surface area contributed by atoms with E-state index in [0.29, 0.717) is 19.0 Å². The minimum Gasteiger partial charge on any atom is -0.385 e. The lowest BCUT2D eigenvalue weighted by atomic mass is 9.98. The van der Waals surface area contributed by atoms with Gasteiger partial charge in [0.1, 0.15) is 0 Å². The highest BCUT2D eigenvalue weighted by Crippen LogP contribution is 2.19. The largest absolute Gasteiger partial charge is 0.385 e. The van der Waals surface area contributed by atoms with Crippen LogP contribution in [-0.4, -0.2) is 71.4 Å². The maximum Gasteiger partial charge on any atom is 0.211 e. The van der Waals surface area contributed by atoms with E-state index in [0.717, 1.165) is 51.5 Å². The molecule has 1 heterocycles. The lowest BCUT2D eigenvalue weighted by Crippen LogP contribution is -2.40. The first-order valence-electron chi connectivity index (χ1n) is 7.93. The van der Waals surface area contributed by atoms with E-state index in [1.807, 2.05) is 6.92 Å². The molecule has 23 heavy (non-hydrogen) atoms. The van der Waals surface area contributed by atoms with E-state index in [2.05, 4.69) is 15.6 Å². The summed E-state index contributed by atoms with van der Waals surface area (Å²) in [4.78, 5) is 4.61. The summed E-state index contributed by atoms with van der Waals surface area (Å²) in [5.41, 5.74) is 0. The molecule has 1 aliphatic heterocycles. The molecule has 0 radical (unpaired) electrons. The van der Waals surface area contributed by atoms with Gasteiger partial charge in [-0.05, 0) is 32.1 Å². The third-order valence-corrected chi connectivity index (χ3v) is 5.02. The van der Waals surface area contributed by atoms with Gasteiger partial charge in [0.15, 0.2) is 5.96 Å². The summed E-state index contributed by atoms with van der Waals surface area (Å²) in [6.45, 7) is 6.37. The fraction of sp³-hybridized carbons (Fsp3) is 0.929. The predicted molar refractivity (Wildman–Crippen MR) is 105 cm³/mol. The van der Waals surface area contributed by atoms with Crippen LogP contribution < -0.4 is 10.6 Å². The molecule has 0 aliphatic carbocycles. The molecule has 0 aromatic carbocycles. The van der Waals surface area contributed by atoms with Gasteiger partial charge in [0, 0.05) is 46.4 Å². The van der Waals surface area contributed by atoms with Gasteiger partial charge in [-0.15, -0.1) is 24.0 Å². The van der Waals surface area contributed by atoms with Crippen LogP contribution in [0.2, 0.25) is 0 Å². The predicted octanol–water partition coefficient (Wildman–Crippen LogP) is 0.868. The molecule has 0 aromatic heterocycles. The van der Waals surface area contributed by atoms with Gasteiger partial charge in [-0.1, -0.05) is 0 Å².